The molecule has 0 aliphatic carbocycles. The van der Waals surface area contributed by atoms with E-state index in [-0.39, 0.29) is 24.5 Å². The Bertz CT molecular complexity index is 926. The first kappa shape index (κ1) is 21.1. The quantitative estimate of drug-likeness (QED) is 0.632. The number of carbonyl (C=O) groups excluding carboxylic acids is 2. The van der Waals surface area contributed by atoms with E-state index in [1.54, 1.807) is 24.3 Å². The SMILES string of the molecule is COc1ccc(CCCNC(=O)c2cnc3c(c2)N(CC2CCCO2)C(=O)CN3)cc1. The molecule has 1 atom stereocenters. The van der Waals surface area contributed by atoms with Crippen molar-refractivity contribution in [1.29, 1.82) is 0 Å². The molecule has 1 unspecified atom stereocenters. The van der Waals surface area contributed by atoms with Crippen LogP contribution >= 0.6 is 0 Å². The van der Waals surface area contributed by atoms with Crippen molar-refractivity contribution in [2.75, 3.05) is 43.6 Å². The first-order valence-corrected chi connectivity index (χ1v) is 10.7. The smallest absolute Gasteiger partial charge is 0.252 e. The highest BCUT2D eigenvalue weighted by molar-refractivity contribution is 6.04. The van der Waals surface area contributed by atoms with E-state index in [1.807, 2.05) is 24.3 Å². The number of fused-ring (bicyclic) bond motifs is 1. The average Bonchev–Trinajstić information content (AvgIpc) is 3.32. The second kappa shape index (κ2) is 9.78. The summed E-state index contributed by atoms with van der Waals surface area (Å²) in [6, 6.07) is 9.66. The minimum atomic E-state index is -0.194. The van der Waals surface area contributed by atoms with Crippen molar-refractivity contribution in [1.82, 2.24) is 10.3 Å². The molecule has 2 aliphatic heterocycles. The molecule has 2 N–H and O–H groups in total. The van der Waals surface area contributed by atoms with E-state index in [1.165, 1.54) is 5.56 Å². The van der Waals surface area contributed by atoms with Crippen LogP contribution in [0.25, 0.3) is 0 Å². The maximum Gasteiger partial charge on any atom is 0.252 e. The lowest BCUT2D eigenvalue weighted by atomic mass is 10.1. The fourth-order valence-corrected chi connectivity index (χ4v) is 3.89. The summed E-state index contributed by atoms with van der Waals surface area (Å²) in [6.07, 6.45) is 5.21. The molecule has 8 heteroatoms. The van der Waals surface area contributed by atoms with Gasteiger partial charge in [0, 0.05) is 19.3 Å². The topological polar surface area (TPSA) is 92.8 Å². The normalized spacial score (nSPS) is 17.8. The molecule has 8 nitrogen and oxygen atoms in total. The van der Waals surface area contributed by atoms with Crippen molar-refractivity contribution >= 4 is 23.3 Å². The minimum absolute atomic E-state index is 0.0327. The number of aromatic nitrogens is 1. The van der Waals surface area contributed by atoms with Gasteiger partial charge in [0.15, 0.2) is 0 Å². The molecule has 2 amide bonds. The standard InChI is InChI=1S/C23H28N4O4/c1-30-18-8-6-16(7-9-18)4-2-10-24-23(29)17-12-20-22(25-13-17)26-14-21(28)27(20)15-19-5-3-11-31-19/h6-9,12-13,19H,2-5,10-11,14-15H2,1H3,(H,24,29)(H,25,26). The number of benzene rings is 1. The summed E-state index contributed by atoms with van der Waals surface area (Å²) < 4.78 is 10.9. The minimum Gasteiger partial charge on any atom is -0.497 e. The molecule has 1 aromatic heterocycles. The van der Waals surface area contributed by atoms with Gasteiger partial charge in [0.2, 0.25) is 5.91 Å². The van der Waals surface area contributed by atoms with E-state index in [0.717, 1.165) is 38.0 Å². The third kappa shape index (κ3) is 5.14. The fraction of sp³-hybridized carbons (Fsp3) is 0.435. The van der Waals surface area contributed by atoms with E-state index < -0.39 is 0 Å². The highest BCUT2D eigenvalue weighted by atomic mass is 16.5. The number of nitrogens with zero attached hydrogens (tertiary/aromatic N) is 2. The molecular formula is C23H28N4O4. The molecule has 1 fully saturated rings. The Balaban J connectivity index is 1.35. The predicted octanol–water partition coefficient (Wildman–Crippen LogP) is 2.39. The zero-order valence-corrected chi connectivity index (χ0v) is 17.7. The second-order valence-corrected chi connectivity index (χ2v) is 7.79. The van der Waals surface area contributed by atoms with Crippen LogP contribution in [-0.4, -0.2) is 56.3 Å². The van der Waals surface area contributed by atoms with Crippen molar-refractivity contribution in [3.05, 3.63) is 47.7 Å². The molecule has 164 valence electrons. The van der Waals surface area contributed by atoms with Gasteiger partial charge in [-0.25, -0.2) is 4.98 Å². The van der Waals surface area contributed by atoms with E-state index in [9.17, 15) is 9.59 Å². The number of methoxy groups -OCH3 is 1. The lowest BCUT2D eigenvalue weighted by molar-refractivity contribution is -0.117. The van der Waals surface area contributed by atoms with Crippen LogP contribution in [0.5, 0.6) is 5.75 Å². The molecule has 3 heterocycles. The Morgan fingerprint density at radius 2 is 2.19 bits per heavy atom. The summed E-state index contributed by atoms with van der Waals surface area (Å²) in [5.74, 6) is 1.22. The van der Waals surface area contributed by atoms with Gasteiger partial charge in [0.1, 0.15) is 11.6 Å². The van der Waals surface area contributed by atoms with E-state index in [4.69, 9.17) is 9.47 Å². The summed E-state index contributed by atoms with van der Waals surface area (Å²) in [5.41, 5.74) is 2.27. The Hall–Kier alpha value is -3.13. The van der Waals surface area contributed by atoms with Gasteiger partial charge < -0.3 is 25.0 Å². The van der Waals surface area contributed by atoms with Crippen LogP contribution in [0.3, 0.4) is 0 Å². The lowest BCUT2D eigenvalue weighted by Gasteiger charge is -2.31. The molecule has 2 aliphatic rings. The van der Waals surface area contributed by atoms with Crippen LogP contribution in [0.1, 0.15) is 35.2 Å². The Morgan fingerprint density at radius 3 is 2.94 bits per heavy atom. The van der Waals surface area contributed by atoms with Gasteiger partial charge in [-0.2, -0.15) is 0 Å². The summed E-state index contributed by atoms with van der Waals surface area (Å²) in [4.78, 5) is 31.2. The summed E-state index contributed by atoms with van der Waals surface area (Å²) >= 11 is 0. The van der Waals surface area contributed by atoms with E-state index in [0.29, 0.717) is 30.2 Å². The van der Waals surface area contributed by atoms with E-state index in [2.05, 4.69) is 15.6 Å². The number of aryl methyl sites for hydroxylation is 1. The van der Waals surface area contributed by atoms with Gasteiger partial charge in [-0.05, 0) is 49.4 Å². The molecule has 0 spiro atoms. The molecule has 2 aromatic rings. The molecule has 4 rings (SSSR count). The predicted molar refractivity (Wildman–Crippen MR) is 118 cm³/mol. The monoisotopic (exact) mass is 424 g/mol. The largest absolute Gasteiger partial charge is 0.497 e. The van der Waals surface area contributed by atoms with Crippen molar-refractivity contribution in [2.45, 2.75) is 31.8 Å². The Morgan fingerprint density at radius 1 is 1.35 bits per heavy atom. The molecule has 0 radical (unpaired) electrons. The van der Waals surface area contributed by atoms with Crippen molar-refractivity contribution < 1.29 is 19.1 Å². The third-order valence-electron chi connectivity index (χ3n) is 5.63. The molecule has 1 saturated heterocycles. The summed E-state index contributed by atoms with van der Waals surface area (Å²) in [7, 11) is 1.65. The van der Waals surface area contributed by atoms with Gasteiger partial charge in [0.25, 0.3) is 5.91 Å². The average molecular weight is 425 g/mol. The van der Waals surface area contributed by atoms with Gasteiger partial charge >= 0.3 is 0 Å². The number of hydrogen-bond acceptors (Lipinski definition) is 6. The number of hydrogen-bond donors (Lipinski definition) is 2. The fourth-order valence-electron chi connectivity index (χ4n) is 3.89. The maximum atomic E-state index is 12.6. The van der Waals surface area contributed by atoms with Crippen LogP contribution in [0, 0.1) is 0 Å². The van der Waals surface area contributed by atoms with Crippen LogP contribution in [0.2, 0.25) is 0 Å². The van der Waals surface area contributed by atoms with Gasteiger partial charge in [0.05, 0.1) is 37.6 Å². The highest BCUT2D eigenvalue weighted by Crippen LogP contribution is 2.29. The number of rotatable bonds is 8. The van der Waals surface area contributed by atoms with Gasteiger partial charge in [-0.1, -0.05) is 12.1 Å². The zero-order chi connectivity index (χ0) is 21.6. The molecule has 1 aromatic carbocycles. The number of anilines is 2. The van der Waals surface area contributed by atoms with Crippen LogP contribution in [0.15, 0.2) is 36.5 Å². The van der Waals surface area contributed by atoms with Crippen LogP contribution < -0.4 is 20.3 Å². The third-order valence-corrected chi connectivity index (χ3v) is 5.63. The van der Waals surface area contributed by atoms with Crippen LogP contribution in [-0.2, 0) is 16.0 Å². The van der Waals surface area contributed by atoms with Crippen molar-refractivity contribution in [2.24, 2.45) is 0 Å². The number of carbonyl (C=O) groups is 2. The molecular weight excluding hydrogens is 396 g/mol. The number of amides is 2. The number of ether oxygens (including phenoxy) is 2. The van der Waals surface area contributed by atoms with Gasteiger partial charge in [-0.3, -0.25) is 9.59 Å². The number of nitrogens with one attached hydrogen (secondary N) is 2. The summed E-state index contributed by atoms with van der Waals surface area (Å²) in [6.45, 7) is 1.97. The van der Waals surface area contributed by atoms with Gasteiger partial charge in [-0.15, -0.1) is 0 Å². The number of pyridine rings is 1. The van der Waals surface area contributed by atoms with E-state index >= 15 is 0 Å². The lowest BCUT2D eigenvalue weighted by Crippen LogP contribution is -2.44. The molecule has 0 bridgehead atoms. The Kier molecular flexibility index (Phi) is 6.66. The highest BCUT2D eigenvalue weighted by Gasteiger charge is 2.29. The van der Waals surface area contributed by atoms with Crippen molar-refractivity contribution in [3.8, 4) is 5.75 Å². The van der Waals surface area contributed by atoms with Crippen molar-refractivity contribution in [3.63, 3.8) is 0 Å². The molecule has 0 saturated carbocycles. The first-order valence-electron chi connectivity index (χ1n) is 10.7. The molecule has 31 heavy (non-hydrogen) atoms. The maximum absolute atomic E-state index is 12.6. The second-order valence-electron chi connectivity index (χ2n) is 7.79. The zero-order valence-electron chi connectivity index (χ0n) is 17.7. The first-order chi connectivity index (χ1) is 15.1. The Labute approximate surface area is 181 Å². The van der Waals surface area contributed by atoms with Crippen LogP contribution in [0.4, 0.5) is 11.5 Å². The summed E-state index contributed by atoms with van der Waals surface area (Å²) in [5, 5.41) is 5.97.